The van der Waals surface area contributed by atoms with E-state index in [1.54, 1.807) is 0 Å². The van der Waals surface area contributed by atoms with E-state index in [1.807, 2.05) is 53.4 Å². The smallest absolute Gasteiger partial charge is 0.253 e. The minimum absolute atomic E-state index is 0.134. The van der Waals surface area contributed by atoms with Crippen molar-refractivity contribution in [3.8, 4) is 0 Å². The van der Waals surface area contributed by atoms with Gasteiger partial charge in [-0.3, -0.25) is 4.79 Å². The molecule has 0 unspecified atom stereocenters. The molecule has 3 nitrogen and oxygen atoms in total. The Morgan fingerprint density at radius 1 is 1.00 bits per heavy atom. The number of likely N-dealkylation sites (tertiary alicyclic amines) is 1. The number of para-hydroxylation sites is 1. The van der Waals surface area contributed by atoms with Crippen LogP contribution in [0.4, 0.5) is 5.69 Å². The van der Waals surface area contributed by atoms with E-state index in [2.05, 4.69) is 17.4 Å². The van der Waals surface area contributed by atoms with E-state index in [0.29, 0.717) is 6.04 Å². The van der Waals surface area contributed by atoms with Gasteiger partial charge in [-0.25, -0.2) is 0 Å². The van der Waals surface area contributed by atoms with Crippen LogP contribution in [0.2, 0.25) is 0 Å². The van der Waals surface area contributed by atoms with E-state index in [0.717, 1.165) is 37.2 Å². The summed E-state index contributed by atoms with van der Waals surface area (Å²) in [6.07, 6.45) is 2.15. The van der Waals surface area contributed by atoms with Gasteiger partial charge in [-0.2, -0.15) is 0 Å². The molecule has 2 aromatic rings. The molecule has 1 heterocycles. The molecular weight excluding hydrogens is 260 g/mol. The van der Waals surface area contributed by atoms with Crippen LogP contribution < -0.4 is 5.32 Å². The summed E-state index contributed by atoms with van der Waals surface area (Å²) in [6, 6.07) is 20.1. The van der Waals surface area contributed by atoms with Crippen LogP contribution in [-0.4, -0.2) is 29.9 Å². The third-order valence-electron chi connectivity index (χ3n) is 3.87. The minimum Gasteiger partial charge on any atom is -0.381 e. The first-order chi connectivity index (χ1) is 10.3. The molecule has 1 aliphatic heterocycles. The maximum absolute atomic E-state index is 12.5. The van der Waals surface area contributed by atoms with Crippen molar-refractivity contribution in [3.63, 3.8) is 0 Å². The van der Waals surface area contributed by atoms with Gasteiger partial charge in [-0.05, 0) is 37.1 Å². The summed E-state index contributed by atoms with van der Waals surface area (Å²) in [6.45, 7) is 1.61. The minimum atomic E-state index is 0.134. The molecule has 0 saturated carbocycles. The SMILES string of the molecule is O=C(c1ccccc1)N1CCC[C@@H](Nc2ccccc2)C1. The maximum atomic E-state index is 12.5. The van der Waals surface area contributed by atoms with Crippen LogP contribution in [0.15, 0.2) is 60.7 Å². The number of carbonyl (C=O) groups is 1. The highest BCUT2D eigenvalue weighted by Crippen LogP contribution is 2.17. The third-order valence-corrected chi connectivity index (χ3v) is 3.87. The number of benzene rings is 2. The second kappa shape index (κ2) is 6.44. The number of amides is 1. The predicted molar refractivity (Wildman–Crippen MR) is 85.4 cm³/mol. The van der Waals surface area contributed by atoms with Gasteiger partial charge in [-0.1, -0.05) is 36.4 Å². The van der Waals surface area contributed by atoms with Crippen molar-refractivity contribution in [1.29, 1.82) is 0 Å². The van der Waals surface area contributed by atoms with E-state index in [1.165, 1.54) is 0 Å². The van der Waals surface area contributed by atoms with Crippen molar-refractivity contribution >= 4 is 11.6 Å². The average molecular weight is 280 g/mol. The number of hydrogen-bond acceptors (Lipinski definition) is 2. The topological polar surface area (TPSA) is 32.3 Å². The molecule has 21 heavy (non-hydrogen) atoms. The zero-order valence-corrected chi connectivity index (χ0v) is 12.0. The van der Waals surface area contributed by atoms with E-state index in [9.17, 15) is 4.79 Å². The van der Waals surface area contributed by atoms with E-state index >= 15 is 0 Å². The lowest BCUT2D eigenvalue weighted by molar-refractivity contribution is 0.0715. The summed E-state index contributed by atoms with van der Waals surface area (Å²) in [5, 5.41) is 3.52. The first-order valence-corrected chi connectivity index (χ1v) is 7.49. The zero-order valence-electron chi connectivity index (χ0n) is 12.0. The van der Waals surface area contributed by atoms with Gasteiger partial charge in [0.2, 0.25) is 0 Å². The van der Waals surface area contributed by atoms with Crippen LogP contribution in [0.25, 0.3) is 0 Å². The highest BCUT2D eigenvalue weighted by Gasteiger charge is 2.24. The summed E-state index contributed by atoms with van der Waals surface area (Å²) in [5.74, 6) is 0.134. The quantitative estimate of drug-likeness (QED) is 0.934. The molecule has 108 valence electrons. The largest absolute Gasteiger partial charge is 0.381 e. The Hall–Kier alpha value is -2.29. The highest BCUT2D eigenvalue weighted by atomic mass is 16.2. The van der Waals surface area contributed by atoms with Crippen molar-refractivity contribution in [1.82, 2.24) is 4.90 Å². The van der Waals surface area contributed by atoms with Crippen LogP contribution >= 0.6 is 0 Å². The molecule has 3 rings (SSSR count). The average Bonchev–Trinajstić information content (AvgIpc) is 2.56. The number of rotatable bonds is 3. The summed E-state index contributed by atoms with van der Waals surface area (Å²) < 4.78 is 0. The Morgan fingerprint density at radius 2 is 1.67 bits per heavy atom. The Balaban J connectivity index is 1.64. The molecule has 2 aromatic carbocycles. The van der Waals surface area contributed by atoms with Crippen molar-refractivity contribution in [2.45, 2.75) is 18.9 Å². The number of nitrogens with zero attached hydrogens (tertiary/aromatic N) is 1. The maximum Gasteiger partial charge on any atom is 0.253 e. The van der Waals surface area contributed by atoms with E-state index < -0.39 is 0 Å². The molecule has 3 heteroatoms. The van der Waals surface area contributed by atoms with E-state index in [4.69, 9.17) is 0 Å². The predicted octanol–water partition coefficient (Wildman–Crippen LogP) is 3.40. The molecule has 0 radical (unpaired) electrons. The molecule has 0 aromatic heterocycles. The summed E-state index contributed by atoms with van der Waals surface area (Å²) >= 11 is 0. The fourth-order valence-electron chi connectivity index (χ4n) is 2.81. The summed E-state index contributed by atoms with van der Waals surface area (Å²) in [7, 11) is 0. The number of anilines is 1. The normalized spacial score (nSPS) is 18.3. The van der Waals surface area contributed by atoms with Crippen LogP contribution in [0.5, 0.6) is 0 Å². The number of piperidine rings is 1. The number of carbonyl (C=O) groups excluding carboxylic acids is 1. The highest BCUT2D eigenvalue weighted by molar-refractivity contribution is 5.94. The van der Waals surface area contributed by atoms with Crippen LogP contribution in [0, 0.1) is 0 Å². The molecular formula is C18H20N2O. The van der Waals surface area contributed by atoms with Gasteiger partial charge in [0.1, 0.15) is 0 Å². The van der Waals surface area contributed by atoms with Crippen LogP contribution in [0.3, 0.4) is 0 Å². The fourth-order valence-corrected chi connectivity index (χ4v) is 2.81. The van der Waals surface area contributed by atoms with Gasteiger partial charge in [0.05, 0.1) is 0 Å². The first kappa shape index (κ1) is 13.7. The first-order valence-electron chi connectivity index (χ1n) is 7.49. The van der Waals surface area contributed by atoms with Crippen molar-refractivity contribution in [2.24, 2.45) is 0 Å². The Morgan fingerprint density at radius 3 is 2.38 bits per heavy atom. The molecule has 1 fully saturated rings. The van der Waals surface area contributed by atoms with Gasteiger partial charge in [0, 0.05) is 30.4 Å². The van der Waals surface area contributed by atoms with Gasteiger partial charge < -0.3 is 10.2 Å². The second-order valence-electron chi connectivity index (χ2n) is 5.47. The lowest BCUT2D eigenvalue weighted by Crippen LogP contribution is -2.45. The lowest BCUT2D eigenvalue weighted by atomic mass is 10.0. The molecule has 1 aliphatic rings. The number of hydrogen-bond donors (Lipinski definition) is 1. The molecule has 1 amide bonds. The summed E-state index contributed by atoms with van der Waals surface area (Å²) in [4.78, 5) is 14.5. The van der Waals surface area contributed by atoms with Gasteiger partial charge >= 0.3 is 0 Å². The van der Waals surface area contributed by atoms with Crippen molar-refractivity contribution < 1.29 is 4.79 Å². The van der Waals surface area contributed by atoms with Crippen LogP contribution in [0.1, 0.15) is 23.2 Å². The Kier molecular flexibility index (Phi) is 4.20. The summed E-state index contributed by atoms with van der Waals surface area (Å²) in [5.41, 5.74) is 1.90. The molecule has 1 atom stereocenters. The van der Waals surface area contributed by atoms with Crippen molar-refractivity contribution in [3.05, 3.63) is 66.2 Å². The zero-order chi connectivity index (χ0) is 14.5. The van der Waals surface area contributed by atoms with Crippen molar-refractivity contribution in [2.75, 3.05) is 18.4 Å². The second-order valence-corrected chi connectivity index (χ2v) is 5.47. The van der Waals surface area contributed by atoms with Gasteiger partial charge in [0.15, 0.2) is 0 Å². The van der Waals surface area contributed by atoms with Gasteiger partial charge in [-0.15, -0.1) is 0 Å². The van der Waals surface area contributed by atoms with Gasteiger partial charge in [0.25, 0.3) is 5.91 Å². The molecule has 1 N–H and O–H groups in total. The molecule has 1 saturated heterocycles. The monoisotopic (exact) mass is 280 g/mol. The Labute approximate surface area is 125 Å². The molecule has 0 spiro atoms. The van der Waals surface area contributed by atoms with E-state index in [-0.39, 0.29) is 5.91 Å². The third kappa shape index (κ3) is 3.43. The van der Waals surface area contributed by atoms with Crippen LogP contribution in [-0.2, 0) is 0 Å². The number of nitrogens with one attached hydrogen (secondary N) is 1. The Bertz CT molecular complexity index is 583. The molecule has 0 bridgehead atoms. The molecule has 0 aliphatic carbocycles. The standard InChI is InChI=1S/C18H20N2O/c21-18(15-8-3-1-4-9-15)20-13-7-12-17(14-20)19-16-10-5-2-6-11-16/h1-6,8-11,17,19H,7,12-14H2/t17-/m1/s1. The fraction of sp³-hybridized carbons (Fsp3) is 0.278. The lowest BCUT2D eigenvalue weighted by Gasteiger charge is -2.33.